The molecule has 1 heterocycles. The first-order chi connectivity index (χ1) is 14.6. The maximum Gasteiger partial charge on any atom is 0.303 e. The first-order valence-corrected chi connectivity index (χ1v) is 10.7. The van der Waals surface area contributed by atoms with Gasteiger partial charge in [0, 0.05) is 34.3 Å². The van der Waals surface area contributed by atoms with Gasteiger partial charge >= 0.3 is 17.9 Å². The van der Waals surface area contributed by atoms with Crippen LogP contribution in [0.1, 0.15) is 66.7 Å². The minimum absolute atomic E-state index is 0.242. The van der Waals surface area contributed by atoms with Crippen molar-refractivity contribution in [3.05, 3.63) is 0 Å². The number of rotatable bonds is 12. The first-order valence-electron chi connectivity index (χ1n) is 10.7. The summed E-state index contributed by atoms with van der Waals surface area (Å²) in [5.41, 5.74) is 0. The molecule has 1 amide bonds. The van der Waals surface area contributed by atoms with Gasteiger partial charge in [-0.05, 0) is 6.42 Å². The molecular formula is C21H35NO9. The number of hydrogen-bond acceptors (Lipinski definition) is 9. The van der Waals surface area contributed by atoms with E-state index in [0.717, 1.165) is 32.1 Å². The molecule has 0 unspecified atom stereocenters. The van der Waals surface area contributed by atoms with Gasteiger partial charge in [0.05, 0.1) is 0 Å². The van der Waals surface area contributed by atoms with Gasteiger partial charge in [-0.3, -0.25) is 19.2 Å². The average Bonchev–Trinajstić information content (AvgIpc) is 2.66. The summed E-state index contributed by atoms with van der Waals surface area (Å²) in [5, 5.41) is 2.67. The minimum Gasteiger partial charge on any atom is -0.463 e. The summed E-state index contributed by atoms with van der Waals surface area (Å²) in [4.78, 5) is 46.6. The van der Waals surface area contributed by atoms with E-state index >= 15 is 0 Å². The van der Waals surface area contributed by atoms with Crippen molar-refractivity contribution in [1.82, 2.24) is 5.32 Å². The molecule has 10 heteroatoms. The topological polar surface area (TPSA) is 126 Å². The van der Waals surface area contributed by atoms with Gasteiger partial charge < -0.3 is 29.0 Å². The Morgan fingerprint density at radius 1 is 0.839 bits per heavy atom. The van der Waals surface area contributed by atoms with E-state index in [0.29, 0.717) is 6.61 Å². The van der Waals surface area contributed by atoms with Crippen LogP contribution in [-0.4, -0.2) is 67.7 Å². The molecule has 0 spiro atoms. The van der Waals surface area contributed by atoms with Crippen LogP contribution >= 0.6 is 0 Å². The van der Waals surface area contributed by atoms with Gasteiger partial charge in [-0.25, -0.2) is 0 Å². The number of amides is 1. The quantitative estimate of drug-likeness (QED) is 0.271. The maximum absolute atomic E-state index is 11.8. The second-order valence-electron chi connectivity index (χ2n) is 7.50. The highest BCUT2D eigenvalue weighted by atomic mass is 16.7. The largest absolute Gasteiger partial charge is 0.463 e. The van der Waals surface area contributed by atoms with Gasteiger partial charge in [0.25, 0.3) is 0 Å². The van der Waals surface area contributed by atoms with Gasteiger partial charge in [-0.2, -0.15) is 0 Å². The van der Waals surface area contributed by atoms with Crippen LogP contribution in [0.2, 0.25) is 0 Å². The molecule has 0 radical (unpaired) electrons. The zero-order valence-electron chi connectivity index (χ0n) is 19.0. The van der Waals surface area contributed by atoms with Gasteiger partial charge in [0.2, 0.25) is 5.91 Å². The van der Waals surface area contributed by atoms with Crippen LogP contribution in [0.25, 0.3) is 0 Å². The number of carbonyl (C=O) groups excluding carboxylic acids is 4. The van der Waals surface area contributed by atoms with Crippen molar-refractivity contribution >= 4 is 23.8 Å². The van der Waals surface area contributed by atoms with Crippen molar-refractivity contribution in [3.8, 4) is 0 Å². The molecule has 0 aromatic carbocycles. The molecule has 31 heavy (non-hydrogen) atoms. The molecule has 5 atom stereocenters. The highest BCUT2D eigenvalue weighted by molar-refractivity contribution is 5.73. The zero-order chi connectivity index (χ0) is 23.4. The third kappa shape index (κ3) is 10.1. The van der Waals surface area contributed by atoms with Crippen molar-refractivity contribution in [1.29, 1.82) is 0 Å². The lowest BCUT2D eigenvalue weighted by Crippen LogP contribution is -2.66. The Labute approximate surface area is 183 Å². The van der Waals surface area contributed by atoms with E-state index in [1.54, 1.807) is 0 Å². The Bertz CT molecular complexity index is 610. The number of esters is 3. The van der Waals surface area contributed by atoms with Crippen LogP contribution in [0, 0.1) is 0 Å². The van der Waals surface area contributed by atoms with E-state index in [4.69, 9.17) is 23.7 Å². The molecule has 1 rings (SSSR count). The second kappa shape index (κ2) is 14.0. The van der Waals surface area contributed by atoms with Crippen LogP contribution in [0.5, 0.6) is 0 Å². The van der Waals surface area contributed by atoms with Gasteiger partial charge in [0.1, 0.15) is 18.8 Å². The molecular weight excluding hydrogens is 410 g/mol. The summed E-state index contributed by atoms with van der Waals surface area (Å²) in [6.07, 6.45) is 0.957. The molecule has 1 aliphatic heterocycles. The predicted octanol–water partition coefficient (Wildman–Crippen LogP) is 1.63. The molecule has 0 aromatic heterocycles. The summed E-state index contributed by atoms with van der Waals surface area (Å²) in [5.74, 6) is -2.23. The Balaban J connectivity index is 3.07. The highest BCUT2D eigenvalue weighted by Crippen LogP contribution is 2.28. The SMILES string of the molecule is CCCCCCCO[C@@H]1O[C@H](COC(C)=O)[C@H](OC(C)=O)[C@@H](OC(C)=O)[C@H]1NC(C)=O. The number of ether oxygens (including phenoxy) is 5. The summed E-state index contributed by atoms with van der Waals surface area (Å²) < 4.78 is 27.6. The summed E-state index contributed by atoms with van der Waals surface area (Å²) in [7, 11) is 0. The Morgan fingerprint density at radius 2 is 1.45 bits per heavy atom. The van der Waals surface area contributed by atoms with Crippen molar-refractivity contribution in [2.45, 2.75) is 97.4 Å². The molecule has 1 saturated heterocycles. The summed E-state index contributed by atoms with van der Waals surface area (Å²) >= 11 is 0. The normalized spacial score (nSPS) is 25.4. The fraction of sp³-hybridized carbons (Fsp3) is 0.810. The first kappa shape index (κ1) is 26.8. The van der Waals surface area contributed by atoms with E-state index in [2.05, 4.69) is 12.2 Å². The number of nitrogens with one attached hydrogen (secondary N) is 1. The van der Waals surface area contributed by atoms with E-state index in [1.165, 1.54) is 27.7 Å². The molecule has 1 aliphatic rings. The molecule has 1 N–H and O–H groups in total. The molecule has 178 valence electrons. The Morgan fingerprint density at radius 3 is 2.00 bits per heavy atom. The fourth-order valence-corrected chi connectivity index (χ4v) is 3.34. The number of unbranched alkanes of at least 4 members (excludes halogenated alkanes) is 4. The Hall–Kier alpha value is -2.20. The monoisotopic (exact) mass is 445 g/mol. The molecule has 10 nitrogen and oxygen atoms in total. The fourth-order valence-electron chi connectivity index (χ4n) is 3.34. The smallest absolute Gasteiger partial charge is 0.303 e. The minimum atomic E-state index is -1.11. The van der Waals surface area contributed by atoms with E-state index in [9.17, 15) is 19.2 Å². The summed E-state index contributed by atoms with van der Waals surface area (Å²) in [6.45, 7) is 7.18. The van der Waals surface area contributed by atoms with E-state index < -0.39 is 54.5 Å². The van der Waals surface area contributed by atoms with Gasteiger partial charge in [-0.15, -0.1) is 0 Å². The lowest BCUT2D eigenvalue weighted by molar-refractivity contribution is -0.277. The van der Waals surface area contributed by atoms with Crippen molar-refractivity contribution in [3.63, 3.8) is 0 Å². The molecule has 0 aromatic rings. The summed E-state index contributed by atoms with van der Waals surface area (Å²) in [6, 6.07) is -0.921. The van der Waals surface area contributed by atoms with Crippen LogP contribution in [-0.2, 0) is 42.9 Å². The third-order valence-electron chi connectivity index (χ3n) is 4.60. The lowest BCUT2D eigenvalue weighted by atomic mass is 9.96. The van der Waals surface area contributed by atoms with Gasteiger partial charge in [-0.1, -0.05) is 32.6 Å². The van der Waals surface area contributed by atoms with Crippen molar-refractivity contribution < 1.29 is 42.9 Å². The number of hydrogen-bond donors (Lipinski definition) is 1. The molecule has 0 saturated carbocycles. The molecule has 0 aliphatic carbocycles. The zero-order valence-corrected chi connectivity index (χ0v) is 19.0. The molecule has 0 bridgehead atoms. The van der Waals surface area contributed by atoms with Crippen LogP contribution in [0.3, 0.4) is 0 Å². The molecule has 1 fully saturated rings. The van der Waals surface area contributed by atoms with Gasteiger partial charge in [0.15, 0.2) is 18.5 Å². The maximum atomic E-state index is 11.8. The number of carbonyl (C=O) groups is 4. The second-order valence-corrected chi connectivity index (χ2v) is 7.50. The van der Waals surface area contributed by atoms with Crippen molar-refractivity contribution in [2.24, 2.45) is 0 Å². The van der Waals surface area contributed by atoms with Crippen LogP contribution < -0.4 is 5.32 Å². The van der Waals surface area contributed by atoms with Crippen molar-refractivity contribution in [2.75, 3.05) is 13.2 Å². The van der Waals surface area contributed by atoms with Crippen LogP contribution in [0.4, 0.5) is 0 Å². The standard InChI is InChI=1S/C21H35NO9/c1-6-7-8-9-10-11-27-21-18(22-13(2)23)20(30-16(5)26)19(29-15(4)25)17(31-21)12-28-14(3)24/h17-21H,6-12H2,1-5H3,(H,22,23)/t17-,18-,19+,20+,21-/m1/s1. The van der Waals surface area contributed by atoms with Crippen LogP contribution in [0.15, 0.2) is 0 Å². The highest BCUT2D eigenvalue weighted by Gasteiger charge is 2.51. The average molecular weight is 446 g/mol. The Kier molecular flexibility index (Phi) is 12.1. The van der Waals surface area contributed by atoms with E-state index in [1.807, 2.05) is 0 Å². The predicted molar refractivity (Wildman–Crippen MR) is 109 cm³/mol. The third-order valence-corrected chi connectivity index (χ3v) is 4.60. The lowest BCUT2D eigenvalue weighted by Gasteiger charge is -2.44. The van der Waals surface area contributed by atoms with E-state index in [-0.39, 0.29) is 6.61 Å².